The summed E-state index contributed by atoms with van der Waals surface area (Å²) in [7, 11) is 3.28. The fourth-order valence-electron chi connectivity index (χ4n) is 3.23. The SMILES string of the molecule is COc1ccc(OC)c2c1CC[C@](O)(CC(C)(C)O)C2. The van der Waals surface area contributed by atoms with E-state index in [0.717, 1.165) is 29.0 Å². The molecule has 2 N–H and O–H groups in total. The van der Waals surface area contributed by atoms with Gasteiger partial charge in [-0.15, -0.1) is 0 Å². The van der Waals surface area contributed by atoms with Crippen LogP contribution >= 0.6 is 0 Å². The second-order valence-corrected chi connectivity index (χ2v) is 6.32. The van der Waals surface area contributed by atoms with Gasteiger partial charge in [0.25, 0.3) is 0 Å². The fraction of sp³-hybridized carbons (Fsp3) is 0.625. The topological polar surface area (TPSA) is 58.9 Å². The molecule has 1 aliphatic rings. The average molecular weight is 280 g/mol. The predicted octanol–water partition coefficient (Wildman–Crippen LogP) is 2.08. The highest BCUT2D eigenvalue weighted by molar-refractivity contribution is 5.51. The van der Waals surface area contributed by atoms with Gasteiger partial charge in [0.1, 0.15) is 11.5 Å². The molecule has 0 radical (unpaired) electrons. The second-order valence-electron chi connectivity index (χ2n) is 6.32. The standard InChI is InChI=1S/C16H24O4/c1-15(2,17)10-16(18)8-7-11-12(9-16)14(20-4)6-5-13(11)19-3/h5-6,17-18H,7-10H2,1-4H3/t16-/m1/s1. The van der Waals surface area contributed by atoms with Gasteiger partial charge in [-0.05, 0) is 38.8 Å². The van der Waals surface area contributed by atoms with Crippen LogP contribution in [0.25, 0.3) is 0 Å². The van der Waals surface area contributed by atoms with E-state index in [9.17, 15) is 10.2 Å². The highest BCUT2D eigenvalue weighted by Crippen LogP contribution is 2.41. The summed E-state index contributed by atoms with van der Waals surface area (Å²) in [5, 5.41) is 20.8. The molecule has 1 aromatic carbocycles. The molecule has 0 unspecified atom stereocenters. The Hall–Kier alpha value is -1.26. The molecule has 0 fully saturated rings. The highest BCUT2D eigenvalue weighted by atomic mass is 16.5. The van der Waals surface area contributed by atoms with Gasteiger partial charge in [-0.2, -0.15) is 0 Å². The molecule has 112 valence electrons. The van der Waals surface area contributed by atoms with Gasteiger partial charge in [-0.3, -0.25) is 0 Å². The first-order valence-corrected chi connectivity index (χ1v) is 6.95. The largest absolute Gasteiger partial charge is 0.496 e. The minimum atomic E-state index is -0.898. The van der Waals surface area contributed by atoms with Crippen molar-refractivity contribution in [3.63, 3.8) is 0 Å². The predicted molar refractivity (Wildman–Crippen MR) is 77.4 cm³/mol. The van der Waals surface area contributed by atoms with Gasteiger partial charge >= 0.3 is 0 Å². The lowest BCUT2D eigenvalue weighted by Gasteiger charge is -2.38. The van der Waals surface area contributed by atoms with Crippen LogP contribution in [-0.2, 0) is 12.8 Å². The van der Waals surface area contributed by atoms with Crippen molar-refractivity contribution in [2.75, 3.05) is 14.2 Å². The molecule has 0 spiro atoms. The van der Waals surface area contributed by atoms with Gasteiger partial charge < -0.3 is 19.7 Å². The smallest absolute Gasteiger partial charge is 0.122 e. The van der Waals surface area contributed by atoms with E-state index < -0.39 is 11.2 Å². The Bertz CT molecular complexity index is 490. The van der Waals surface area contributed by atoms with Crippen LogP contribution in [0.2, 0.25) is 0 Å². The minimum absolute atomic E-state index is 0.347. The van der Waals surface area contributed by atoms with Crippen LogP contribution in [0.1, 0.15) is 37.8 Å². The Morgan fingerprint density at radius 1 is 1.15 bits per heavy atom. The second kappa shape index (κ2) is 5.26. The Balaban J connectivity index is 2.37. The number of ether oxygens (including phenoxy) is 2. The molecule has 0 amide bonds. The van der Waals surface area contributed by atoms with Crippen LogP contribution in [0.15, 0.2) is 12.1 Å². The summed E-state index contributed by atoms with van der Waals surface area (Å²) in [6, 6.07) is 3.77. The lowest BCUT2D eigenvalue weighted by atomic mass is 9.75. The molecule has 0 saturated heterocycles. The van der Waals surface area contributed by atoms with Crippen molar-refractivity contribution in [2.24, 2.45) is 0 Å². The van der Waals surface area contributed by atoms with Crippen molar-refractivity contribution in [3.05, 3.63) is 23.3 Å². The van der Waals surface area contributed by atoms with Crippen LogP contribution in [0.4, 0.5) is 0 Å². The third kappa shape index (κ3) is 3.07. The minimum Gasteiger partial charge on any atom is -0.496 e. The molecule has 0 saturated carbocycles. The van der Waals surface area contributed by atoms with Crippen LogP contribution in [0.5, 0.6) is 11.5 Å². The van der Waals surface area contributed by atoms with Gasteiger partial charge in [-0.25, -0.2) is 0 Å². The van der Waals surface area contributed by atoms with Gasteiger partial charge in [0.2, 0.25) is 0 Å². The number of methoxy groups -OCH3 is 2. The summed E-state index contributed by atoms with van der Waals surface area (Å²) in [5.41, 5.74) is 0.306. The van der Waals surface area contributed by atoms with Gasteiger partial charge in [-0.1, -0.05) is 0 Å². The number of fused-ring (bicyclic) bond motifs is 1. The molecular weight excluding hydrogens is 256 g/mol. The maximum atomic E-state index is 10.8. The molecule has 0 heterocycles. The molecule has 1 aliphatic carbocycles. The van der Waals surface area contributed by atoms with Gasteiger partial charge in [0, 0.05) is 24.0 Å². The monoisotopic (exact) mass is 280 g/mol. The zero-order valence-corrected chi connectivity index (χ0v) is 12.7. The summed E-state index contributed by atoms with van der Waals surface area (Å²) in [4.78, 5) is 0. The molecule has 0 aliphatic heterocycles. The van der Waals surface area contributed by atoms with E-state index >= 15 is 0 Å². The number of hydrogen-bond acceptors (Lipinski definition) is 4. The van der Waals surface area contributed by atoms with E-state index in [-0.39, 0.29) is 0 Å². The van der Waals surface area contributed by atoms with Crippen molar-refractivity contribution in [2.45, 2.75) is 50.7 Å². The zero-order valence-electron chi connectivity index (χ0n) is 12.7. The molecule has 4 nitrogen and oxygen atoms in total. The van der Waals surface area contributed by atoms with Crippen LogP contribution in [-0.4, -0.2) is 35.6 Å². The number of rotatable bonds is 4. The van der Waals surface area contributed by atoms with Crippen LogP contribution in [0.3, 0.4) is 0 Å². The first kappa shape index (κ1) is 15.1. The van der Waals surface area contributed by atoms with E-state index in [1.807, 2.05) is 12.1 Å². The Labute approximate surface area is 120 Å². The maximum Gasteiger partial charge on any atom is 0.122 e. The molecular formula is C16H24O4. The van der Waals surface area contributed by atoms with Gasteiger partial charge in [0.15, 0.2) is 0 Å². The van der Waals surface area contributed by atoms with E-state index in [2.05, 4.69) is 0 Å². The molecule has 0 bridgehead atoms. The first-order valence-electron chi connectivity index (χ1n) is 6.95. The highest BCUT2D eigenvalue weighted by Gasteiger charge is 2.38. The zero-order chi connectivity index (χ0) is 15.0. The molecule has 20 heavy (non-hydrogen) atoms. The fourth-order valence-corrected chi connectivity index (χ4v) is 3.23. The third-order valence-electron chi connectivity index (χ3n) is 3.89. The summed E-state index contributed by atoms with van der Waals surface area (Å²) in [6.45, 7) is 3.45. The molecule has 2 rings (SSSR count). The molecule has 1 atom stereocenters. The van der Waals surface area contributed by atoms with Gasteiger partial charge in [0.05, 0.1) is 25.4 Å². The van der Waals surface area contributed by atoms with E-state index in [0.29, 0.717) is 19.3 Å². The Kier molecular flexibility index (Phi) is 3.98. The average Bonchev–Trinajstić information content (AvgIpc) is 2.34. The van der Waals surface area contributed by atoms with Crippen molar-refractivity contribution < 1.29 is 19.7 Å². The Morgan fingerprint density at radius 2 is 1.70 bits per heavy atom. The normalized spacial score (nSPS) is 22.3. The van der Waals surface area contributed by atoms with E-state index in [1.54, 1.807) is 28.1 Å². The quantitative estimate of drug-likeness (QED) is 0.886. The lowest BCUT2D eigenvalue weighted by Crippen LogP contribution is -2.42. The summed E-state index contributed by atoms with van der Waals surface area (Å²) < 4.78 is 10.8. The van der Waals surface area contributed by atoms with Crippen LogP contribution in [0, 0.1) is 0 Å². The summed E-state index contributed by atoms with van der Waals surface area (Å²) in [5.74, 6) is 1.61. The molecule has 1 aromatic rings. The third-order valence-corrected chi connectivity index (χ3v) is 3.89. The number of hydrogen-bond donors (Lipinski definition) is 2. The van der Waals surface area contributed by atoms with E-state index in [4.69, 9.17) is 9.47 Å². The number of benzene rings is 1. The molecule has 4 heteroatoms. The number of aliphatic hydroxyl groups is 2. The lowest BCUT2D eigenvalue weighted by molar-refractivity contribution is -0.0542. The van der Waals surface area contributed by atoms with E-state index in [1.165, 1.54) is 0 Å². The summed E-state index contributed by atoms with van der Waals surface area (Å²) in [6.07, 6.45) is 2.17. The van der Waals surface area contributed by atoms with Crippen molar-refractivity contribution in [1.29, 1.82) is 0 Å². The van der Waals surface area contributed by atoms with Crippen molar-refractivity contribution in [3.8, 4) is 11.5 Å². The van der Waals surface area contributed by atoms with Crippen molar-refractivity contribution >= 4 is 0 Å². The van der Waals surface area contributed by atoms with Crippen molar-refractivity contribution in [1.82, 2.24) is 0 Å². The first-order chi connectivity index (χ1) is 9.28. The van der Waals surface area contributed by atoms with Crippen LogP contribution < -0.4 is 9.47 Å². The maximum absolute atomic E-state index is 10.8. The Morgan fingerprint density at radius 3 is 2.20 bits per heavy atom. The summed E-state index contributed by atoms with van der Waals surface area (Å²) >= 11 is 0. The molecule has 0 aromatic heterocycles.